The summed E-state index contributed by atoms with van der Waals surface area (Å²) in [5.41, 5.74) is 0.298. The Labute approximate surface area is 79.7 Å². The molecular formula is C10H19FN2. The van der Waals surface area contributed by atoms with E-state index in [9.17, 15) is 4.39 Å². The van der Waals surface area contributed by atoms with Gasteiger partial charge in [-0.3, -0.25) is 9.80 Å². The Hall–Kier alpha value is -0.150. The minimum absolute atomic E-state index is 0.298. The van der Waals surface area contributed by atoms with Crippen molar-refractivity contribution in [3.8, 4) is 0 Å². The van der Waals surface area contributed by atoms with Crippen LogP contribution in [0, 0.1) is 0 Å². The van der Waals surface area contributed by atoms with E-state index in [0.29, 0.717) is 24.7 Å². The lowest BCUT2D eigenvalue weighted by molar-refractivity contribution is 0.0308. The van der Waals surface area contributed by atoms with Gasteiger partial charge in [0.2, 0.25) is 0 Å². The Balaban J connectivity index is 1.91. The smallest absolute Gasteiger partial charge is 0.125 e. The third-order valence-electron chi connectivity index (χ3n) is 3.63. The number of halogens is 1. The van der Waals surface area contributed by atoms with Crippen LogP contribution in [0.1, 0.15) is 20.3 Å². The van der Waals surface area contributed by atoms with Crippen LogP contribution in [-0.4, -0.2) is 54.2 Å². The molecule has 0 bridgehead atoms. The molecule has 0 aliphatic carbocycles. The molecule has 2 nitrogen and oxygen atoms in total. The van der Waals surface area contributed by atoms with E-state index in [4.69, 9.17) is 0 Å². The number of alkyl halides is 1. The summed E-state index contributed by atoms with van der Waals surface area (Å²) >= 11 is 0. The molecule has 0 aromatic carbocycles. The van der Waals surface area contributed by atoms with E-state index in [-0.39, 0.29) is 0 Å². The number of hydrogen-bond acceptors (Lipinski definition) is 2. The Bertz CT molecular complexity index is 199. The molecule has 76 valence electrons. The zero-order valence-electron chi connectivity index (χ0n) is 8.76. The second kappa shape index (κ2) is 2.92. The molecule has 2 rings (SSSR count). The van der Waals surface area contributed by atoms with Gasteiger partial charge in [-0.1, -0.05) is 0 Å². The standard InChI is InChI=1S/C10H19FN2/c1-10(2)4-9(7-12(10)3)13-5-8(11)6-13/h8-9H,4-7H2,1-3H3/t9-/m0/s1. The molecule has 0 radical (unpaired) electrons. The van der Waals surface area contributed by atoms with Crippen LogP contribution in [0.4, 0.5) is 4.39 Å². The summed E-state index contributed by atoms with van der Waals surface area (Å²) in [5.74, 6) is 0. The van der Waals surface area contributed by atoms with Crippen LogP contribution >= 0.6 is 0 Å². The lowest BCUT2D eigenvalue weighted by Crippen LogP contribution is -2.54. The van der Waals surface area contributed by atoms with Gasteiger partial charge < -0.3 is 0 Å². The van der Waals surface area contributed by atoms with Gasteiger partial charge in [-0.15, -0.1) is 0 Å². The quantitative estimate of drug-likeness (QED) is 0.605. The minimum Gasteiger partial charge on any atom is -0.300 e. The Morgan fingerprint density at radius 1 is 1.23 bits per heavy atom. The molecule has 0 amide bonds. The molecule has 0 saturated carbocycles. The lowest BCUT2D eigenvalue weighted by atomic mass is 9.98. The van der Waals surface area contributed by atoms with E-state index in [0.717, 1.165) is 6.54 Å². The average Bonchev–Trinajstić information content (AvgIpc) is 2.20. The Kier molecular flexibility index (Phi) is 2.11. The number of likely N-dealkylation sites (tertiary alicyclic amines) is 2. The summed E-state index contributed by atoms with van der Waals surface area (Å²) in [6.07, 6.45) is 0.616. The summed E-state index contributed by atoms with van der Waals surface area (Å²) in [6.45, 7) is 6.95. The van der Waals surface area contributed by atoms with Gasteiger partial charge in [-0.25, -0.2) is 4.39 Å². The third-order valence-corrected chi connectivity index (χ3v) is 3.63. The first-order valence-corrected chi connectivity index (χ1v) is 5.08. The number of nitrogens with zero attached hydrogens (tertiary/aromatic N) is 2. The highest BCUT2D eigenvalue weighted by atomic mass is 19.1. The van der Waals surface area contributed by atoms with Gasteiger partial charge >= 0.3 is 0 Å². The van der Waals surface area contributed by atoms with Crippen molar-refractivity contribution in [2.24, 2.45) is 0 Å². The van der Waals surface area contributed by atoms with Crippen LogP contribution in [0.2, 0.25) is 0 Å². The van der Waals surface area contributed by atoms with Crippen molar-refractivity contribution in [1.29, 1.82) is 0 Å². The van der Waals surface area contributed by atoms with Gasteiger partial charge in [-0.2, -0.15) is 0 Å². The Morgan fingerprint density at radius 3 is 2.23 bits per heavy atom. The van der Waals surface area contributed by atoms with Crippen LogP contribution in [-0.2, 0) is 0 Å². The number of likely N-dealkylation sites (N-methyl/N-ethyl adjacent to an activating group) is 1. The van der Waals surface area contributed by atoms with E-state index < -0.39 is 6.17 Å². The predicted octanol–water partition coefficient (Wildman–Crippen LogP) is 1.12. The molecular weight excluding hydrogens is 167 g/mol. The first-order valence-electron chi connectivity index (χ1n) is 5.08. The zero-order chi connectivity index (χ0) is 9.64. The summed E-state index contributed by atoms with van der Waals surface area (Å²) in [4.78, 5) is 4.65. The first kappa shape index (κ1) is 9.41. The summed E-state index contributed by atoms with van der Waals surface area (Å²) in [6, 6.07) is 0.590. The van der Waals surface area contributed by atoms with Crippen LogP contribution in [0.3, 0.4) is 0 Å². The molecule has 2 fully saturated rings. The lowest BCUT2D eigenvalue weighted by Gasteiger charge is -2.39. The highest BCUT2D eigenvalue weighted by molar-refractivity contribution is 4.98. The predicted molar refractivity (Wildman–Crippen MR) is 51.6 cm³/mol. The monoisotopic (exact) mass is 186 g/mol. The first-order chi connectivity index (χ1) is 5.99. The van der Waals surface area contributed by atoms with Crippen LogP contribution < -0.4 is 0 Å². The van der Waals surface area contributed by atoms with Gasteiger partial charge in [-0.05, 0) is 27.3 Å². The van der Waals surface area contributed by atoms with E-state index >= 15 is 0 Å². The maximum Gasteiger partial charge on any atom is 0.125 e. The van der Waals surface area contributed by atoms with E-state index in [1.807, 2.05) is 0 Å². The topological polar surface area (TPSA) is 6.48 Å². The molecule has 2 heterocycles. The molecule has 13 heavy (non-hydrogen) atoms. The fourth-order valence-electron chi connectivity index (χ4n) is 2.36. The van der Waals surface area contributed by atoms with Crippen molar-refractivity contribution < 1.29 is 4.39 Å². The van der Waals surface area contributed by atoms with E-state index in [2.05, 4.69) is 30.7 Å². The van der Waals surface area contributed by atoms with Crippen molar-refractivity contribution in [2.75, 3.05) is 26.7 Å². The highest BCUT2D eigenvalue weighted by Gasteiger charge is 2.42. The van der Waals surface area contributed by atoms with Crippen molar-refractivity contribution in [3.63, 3.8) is 0 Å². The molecule has 0 N–H and O–H groups in total. The Morgan fingerprint density at radius 2 is 1.85 bits per heavy atom. The van der Waals surface area contributed by atoms with Crippen molar-refractivity contribution in [3.05, 3.63) is 0 Å². The molecule has 2 aliphatic heterocycles. The zero-order valence-corrected chi connectivity index (χ0v) is 8.76. The fraction of sp³-hybridized carbons (Fsp3) is 1.00. The van der Waals surface area contributed by atoms with E-state index in [1.165, 1.54) is 6.42 Å². The molecule has 0 aromatic rings. The molecule has 0 aromatic heterocycles. The van der Waals surface area contributed by atoms with E-state index in [1.54, 1.807) is 0 Å². The number of hydrogen-bond donors (Lipinski definition) is 0. The summed E-state index contributed by atoms with van der Waals surface area (Å²) in [5, 5.41) is 0. The van der Waals surface area contributed by atoms with Gasteiger partial charge in [0.1, 0.15) is 6.17 Å². The van der Waals surface area contributed by atoms with Gasteiger partial charge in [0.25, 0.3) is 0 Å². The molecule has 3 heteroatoms. The molecule has 0 spiro atoms. The minimum atomic E-state index is -0.561. The third kappa shape index (κ3) is 1.59. The van der Waals surface area contributed by atoms with Crippen molar-refractivity contribution in [1.82, 2.24) is 9.80 Å². The van der Waals surface area contributed by atoms with Crippen LogP contribution in [0.15, 0.2) is 0 Å². The van der Waals surface area contributed by atoms with Gasteiger partial charge in [0.05, 0.1) is 0 Å². The van der Waals surface area contributed by atoms with Gasteiger partial charge in [0, 0.05) is 31.2 Å². The second-order valence-electron chi connectivity index (χ2n) is 5.10. The maximum absolute atomic E-state index is 12.7. The fourth-order valence-corrected chi connectivity index (χ4v) is 2.36. The molecule has 1 atom stereocenters. The maximum atomic E-state index is 12.7. The second-order valence-corrected chi connectivity index (χ2v) is 5.10. The van der Waals surface area contributed by atoms with Crippen molar-refractivity contribution in [2.45, 2.75) is 38.0 Å². The average molecular weight is 186 g/mol. The van der Waals surface area contributed by atoms with Crippen LogP contribution in [0.25, 0.3) is 0 Å². The SMILES string of the molecule is CN1C[C@@H](N2CC(F)C2)CC1(C)C. The normalized spacial score (nSPS) is 36.5. The van der Waals surface area contributed by atoms with Gasteiger partial charge in [0.15, 0.2) is 0 Å². The van der Waals surface area contributed by atoms with Crippen LogP contribution in [0.5, 0.6) is 0 Å². The largest absolute Gasteiger partial charge is 0.300 e. The summed E-state index contributed by atoms with van der Waals surface area (Å²) < 4.78 is 12.7. The highest BCUT2D eigenvalue weighted by Crippen LogP contribution is 2.32. The molecule has 0 unspecified atom stereocenters. The van der Waals surface area contributed by atoms with Crippen molar-refractivity contribution >= 4 is 0 Å². The molecule has 2 saturated heterocycles. The number of rotatable bonds is 1. The molecule has 2 aliphatic rings. The summed E-state index contributed by atoms with van der Waals surface area (Å²) in [7, 11) is 2.16.